The van der Waals surface area contributed by atoms with E-state index in [0.717, 1.165) is 17.1 Å². The standard InChI is InChI=1S/C18H23NO4/c1-13-5-4-6-15(11-13)22-10-9-17(20)19-12-18(3,21)16-8-7-14(2)23-16/h4-8,11,21H,9-10,12H2,1-3H3,(H,19,20). The quantitative estimate of drug-likeness (QED) is 0.823. The monoisotopic (exact) mass is 317 g/mol. The number of ether oxygens (including phenoxy) is 1. The molecule has 0 aliphatic rings. The summed E-state index contributed by atoms with van der Waals surface area (Å²) in [4.78, 5) is 11.9. The zero-order chi connectivity index (χ0) is 16.9. The molecular weight excluding hydrogens is 294 g/mol. The number of carbonyl (C=O) groups is 1. The summed E-state index contributed by atoms with van der Waals surface area (Å²) in [6.07, 6.45) is 0.223. The Morgan fingerprint density at radius 3 is 2.74 bits per heavy atom. The zero-order valence-corrected chi connectivity index (χ0v) is 13.8. The first-order valence-corrected chi connectivity index (χ1v) is 7.62. The summed E-state index contributed by atoms with van der Waals surface area (Å²) in [5.41, 5.74) is -0.127. The third-order valence-corrected chi connectivity index (χ3v) is 3.49. The smallest absolute Gasteiger partial charge is 0.223 e. The van der Waals surface area contributed by atoms with E-state index < -0.39 is 5.60 Å². The molecule has 5 heteroatoms. The average molecular weight is 317 g/mol. The molecular formula is C18H23NO4. The van der Waals surface area contributed by atoms with Gasteiger partial charge in [0.25, 0.3) is 0 Å². The Hall–Kier alpha value is -2.27. The number of furan rings is 1. The molecule has 124 valence electrons. The van der Waals surface area contributed by atoms with E-state index in [0.29, 0.717) is 5.76 Å². The fourth-order valence-corrected chi connectivity index (χ4v) is 2.14. The molecule has 2 N–H and O–H groups in total. The first-order valence-electron chi connectivity index (χ1n) is 7.62. The highest BCUT2D eigenvalue weighted by Crippen LogP contribution is 2.21. The molecule has 1 heterocycles. The van der Waals surface area contributed by atoms with Gasteiger partial charge in [0.05, 0.1) is 19.6 Å². The third-order valence-electron chi connectivity index (χ3n) is 3.49. The first-order chi connectivity index (χ1) is 10.9. The van der Waals surface area contributed by atoms with E-state index >= 15 is 0 Å². The number of benzene rings is 1. The molecule has 1 amide bonds. The number of aryl methyl sites for hydroxylation is 2. The Bertz CT molecular complexity index is 661. The van der Waals surface area contributed by atoms with Crippen molar-refractivity contribution in [2.24, 2.45) is 0 Å². The fraction of sp³-hybridized carbons (Fsp3) is 0.389. The summed E-state index contributed by atoms with van der Waals surface area (Å²) in [5, 5.41) is 13.0. The minimum absolute atomic E-state index is 0.0865. The molecule has 1 unspecified atom stereocenters. The van der Waals surface area contributed by atoms with E-state index in [1.165, 1.54) is 0 Å². The van der Waals surface area contributed by atoms with Gasteiger partial charge in [-0.05, 0) is 50.6 Å². The van der Waals surface area contributed by atoms with Crippen molar-refractivity contribution in [2.75, 3.05) is 13.2 Å². The van der Waals surface area contributed by atoms with E-state index in [2.05, 4.69) is 5.32 Å². The van der Waals surface area contributed by atoms with Crippen molar-refractivity contribution in [1.82, 2.24) is 5.32 Å². The van der Waals surface area contributed by atoms with Crippen LogP contribution in [0.15, 0.2) is 40.8 Å². The highest BCUT2D eigenvalue weighted by atomic mass is 16.5. The molecule has 1 aromatic carbocycles. The second-order valence-electron chi connectivity index (χ2n) is 5.88. The third kappa shape index (κ3) is 5.14. The molecule has 0 saturated carbocycles. The maximum Gasteiger partial charge on any atom is 0.223 e. The number of hydrogen-bond donors (Lipinski definition) is 2. The summed E-state index contributed by atoms with van der Waals surface area (Å²) in [5.74, 6) is 1.72. The summed E-state index contributed by atoms with van der Waals surface area (Å²) in [6, 6.07) is 11.2. The molecule has 0 radical (unpaired) electrons. The lowest BCUT2D eigenvalue weighted by molar-refractivity contribution is -0.122. The van der Waals surface area contributed by atoms with Gasteiger partial charge in [0.2, 0.25) is 5.91 Å². The highest BCUT2D eigenvalue weighted by Gasteiger charge is 2.27. The number of nitrogens with one attached hydrogen (secondary N) is 1. The van der Waals surface area contributed by atoms with Gasteiger partial charge in [-0.25, -0.2) is 0 Å². The predicted molar refractivity (Wildman–Crippen MR) is 87.3 cm³/mol. The van der Waals surface area contributed by atoms with Gasteiger partial charge in [0.1, 0.15) is 22.9 Å². The molecule has 2 aromatic rings. The molecule has 1 aromatic heterocycles. The van der Waals surface area contributed by atoms with Gasteiger partial charge in [-0.15, -0.1) is 0 Å². The van der Waals surface area contributed by atoms with Crippen molar-refractivity contribution in [1.29, 1.82) is 0 Å². The zero-order valence-electron chi connectivity index (χ0n) is 13.8. The van der Waals surface area contributed by atoms with Crippen LogP contribution in [0.4, 0.5) is 0 Å². The van der Waals surface area contributed by atoms with Gasteiger partial charge in [-0.2, -0.15) is 0 Å². The summed E-state index contributed by atoms with van der Waals surface area (Å²) in [6.45, 7) is 5.77. The first kappa shape index (κ1) is 17.1. The Labute approximate surface area is 136 Å². The van der Waals surface area contributed by atoms with Crippen LogP contribution in [0.1, 0.15) is 30.4 Å². The van der Waals surface area contributed by atoms with Crippen LogP contribution in [-0.2, 0) is 10.4 Å². The van der Waals surface area contributed by atoms with Crippen LogP contribution in [0, 0.1) is 13.8 Å². The van der Waals surface area contributed by atoms with Crippen LogP contribution >= 0.6 is 0 Å². The molecule has 0 fully saturated rings. The van der Waals surface area contributed by atoms with E-state index in [-0.39, 0.29) is 25.5 Å². The molecule has 2 rings (SSSR count). The van der Waals surface area contributed by atoms with Gasteiger partial charge >= 0.3 is 0 Å². The number of amides is 1. The second kappa shape index (κ2) is 7.33. The lowest BCUT2D eigenvalue weighted by Gasteiger charge is -2.21. The highest BCUT2D eigenvalue weighted by molar-refractivity contribution is 5.76. The molecule has 0 spiro atoms. The summed E-state index contributed by atoms with van der Waals surface area (Å²) >= 11 is 0. The lowest BCUT2D eigenvalue weighted by atomic mass is 10.0. The Morgan fingerprint density at radius 2 is 2.09 bits per heavy atom. The normalized spacial score (nSPS) is 13.4. The maximum absolute atomic E-state index is 11.9. The Morgan fingerprint density at radius 1 is 1.30 bits per heavy atom. The summed E-state index contributed by atoms with van der Waals surface area (Å²) in [7, 11) is 0. The van der Waals surface area contributed by atoms with Gasteiger partial charge < -0.3 is 19.6 Å². The van der Waals surface area contributed by atoms with Crippen LogP contribution in [0.25, 0.3) is 0 Å². The molecule has 0 aliphatic heterocycles. The van der Waals surface area contributed by atoms with Crippen LogP contribution < -0.4 is 10.1 Å². The Balaban J connectivity index is 1.74. The van der Waals surface area contributed by atoms with Crippen LogP contribution in [-0.4, -0.2) is 24.2 Å². The summed E-state index contributed by atoms with van der Waals surface area (Å²) < 4.78 is 10.9. The maximum atomic E-state index is 11.9. The number of aliphatic hydroxyl groups is 1. The molecule has 23 heavy (non-hydrogen) atoms. The van der Waals surface area contributed by atoms with Crippen LogP contribution in [0.5, 0.6) is 5.75 Å². The number of hydrogen-bond acceptors (Lipinski definition) is 4. The molecule has 0 aliphatic carbocycles. The van der Waals surface area contributed by atoms with Gasteiger partial charge in [0, 0.05) is 0 Å². The van der Waals surface area contributed by atoms with Crippen molar-refractivity contribution in [3.8, 4) is 5.75 Å². The number of carbonyl (C=O) groups excluding carboxylic acids is 1. The van der Waals surface area contributed by atoms with Crippen molar-refractivity contribution in [3.05, 3.63) is 53.5 Å². The fourth-order valence-electron chi connectivity index (χ4n) is 2.14. The van der Waals surface area contributed by atoms with Gasteiger partial charge in [-0.3, -0.25) is 4.79 Å². The largest absolute Gasteiger partial charge is 0.493 e. The number of rotatable bonds is 7. The van der Waals surface area contributed by atoms with E-state index in [1.807, 2.05) is 31.2 Å². The molecule has 1 atom stereocenters. The topological polar surface area (TPSA) is 71.7 Å². The van der Waals surface area contributed by atoms with Crippen molar-refractivity contribution in [2.45, 2.75) is 32.8 Å². The van der Waals surface area contributed by atoms with Crippen LogP contribution in [0.2, 0.25) is 0 Å². The average Bonchev–Trinajstić information content (AvgIpc) is 2.93. The van der Waals surface area contributed by atoms with Gasteiger partial charge in [0.15, 0.2) is 0 Å². The molecule has 0 bridgehead atoms. The second-order valence-corrected chi connectivity index (χ2v) is 5.88. The van der Waals surface area contributed by atoms with E-state index in [1.54, 1.807) is 26.0 Å². The minimum Gasteiger partial charge on any atom is -0.493 e. The lowest BCUT2D eigenvalue weighted by Crippen LogP contribution is -2.38. The SMILES string of the molecule is Cc1cccc(OCCC(=O)NCC(C)(O)c2ccc(C)o2)c1. The van der Waals surface area contributed by atoms with E-state index in [9.17, 15) is 9.90 Å². The van der Waals surface area contributed by atoms with Crippen LogP contribution in [0.3, 0.4) is 0 Å². The Kier molecular flexibility index (Phi) is 5.45. The van der Waals surface area contributed by atoms with Gasteiger partial charge in [-0.1, -0.05) is 12.1 Å². The minimum atomic E-state index is -1.23. The predicted octanol–water partition coefficient (Wildman–Crippen LogP) is 2.69. The van der Waals surface area contributed by atoms with Crippen molar-refractivity contribution in [3.63, 3.8) is 0 Å². The molecule has 0 saturated heterocycles. The molecule has 5 nitrogen and oxygen atoms in total. The van der Waals surface area contributed by atoms with E-state index in [4.69, 9.17) is 9.15 Å². The van der Waals surface area contributed by atoms with Crippen molar-refractivity contribution >= 4 is 5.91 Å². The van der Waals surface area contributed by atoms with Crippen molar-refractivity contribution < 1.29 is 19.1 Å².